The number of nitrogens with zero attached hydrogens (tertiary/aromatic N) is 1. The van der Waals surface area contributed by atoms with Gasteiger partial charge in [0.2, 0.25) is 0 Å². The largest absolute Gasteiger partial charge is 0.493 e. The second-order valence-electron chi connectivity index (χ2n) is 3.63. The average molecular weight is 206 g/mol. The maximum Gasteiger partial charge on any atom is 0.139 e. The number of aryl methyl sites for hydroxylation is 1. The molecule has 0 spiro atoms. The van der Waals surface area contributed by atoms with Gasteiger partial charge in [-0.1, -0.05) is 17.3 Å². The fourth-order valence-corrected chi connectivity index (χ4v) is 1.72. The van der Waals surface area contributed by atoms with Crippen LogP contribution in [0.4, 0.5) is 0 Å². The molecule has 80 valence electrons. The molecular formula is C11H14N2O2. The van der Waals surface area contributed by atoms with Crippen molar-refractivity contribution in [2.45, 2.75) is 19.3 Å². The molecule has 1 aromatic carbocycles. The van der Waals surface area contributed by atoms with E-state index >= 15 is 0 Å². The van der Waals surface area contributed by atoms with Crippen LogP contribution < -0.4 is 10.5 Å². The van der Waals surface area contributed by atoms with Gasteiger partial charge in [0.1, 0.15) is 11.6 Å². The van der Waals surface area contributed by atoms with Crippen molar-refractivity contribution in [1.29, 1.82) is 0 Å². The van der Waals surface area contributed by atoms with Crippen LogP contribution in [0.2, 0.25) is 0 Å². The fourth-order valence-electron chi connectivity index (χ4n) is 1.72. The normalized spacial score (nSPS) is 14.8. The third kappa shape index (κ3) is 2.21. The molecule has 0 atom stereocenters. The van der Waals surface area contributed by atoms with Gasteiger partial charge in [0.25, 0.3) is 0 Å². The summed E-state index contributed by atoms with van der Waals surface area (Å²) < 4.78 is 5.41. The molecule has 15 heavy (non-hydrogen) atoms. The third-order valence-corrected chi connectivity index (χ3v) is 2.55. The van der Waals surface area contributed by atoms with E-state index in [2.05, 4.69) is 11.2 Å². The highest BCUT2D eigenvalue weighted by molar-refractivity contribution is 5.79. The Morgan fingerprint density at radius 2 is 2.40 bits per heavy atom. The maximum atomic E-state index is 8.41. The molecule has 0 bridgehead atoms. The third-order valence-electron chi connectivity index (χ3n) is 2.55. The molecule has 0 saturated heterocycles. The Kier molecular flexibility index (Phi) is 2.76. The second kappa shape index (κ2) is 4.21. The van der Waals surface area contributed by atoms with Crippen molar-refractivity contribution in [3.05, 3.63) is 29.3 Å². The lowest BCUT2D eigenvalue weighted by Crippen LogP contribution is -2.12. The highest BCUT2D eigenvalue weighted by Gasteiger charge is 2.11. The van der Waals surface area contributed by atoms with Crippen molar-refractivity contribution >= 4 is 5.84 Å². The molecule has 3 N–H and O–H groups in total. The van der Waals surface area contributed by atoms with E-state index in [4.69, 9.17) is 15.7 Å². The molecule has 1 aromatic rings. The number of nitrogens with two attached hydrogens (primary N) is 1. The first-order valence-electron chi connectivity index (χ1n) is 5.00. The second-order valence-corrected chi connectivity index (χ2v) is 3.63. The standard InChI is InChI=1S/C11H14N2O2/c12-11(13-14)4-2-8-1-3-10-9(7-8)5-6-15-10/h1,3,7,14H,2,4-6H2,(H2,12,13). The summed E-state index contributed by atoms with van der Waals surface area (Å²) in [6.07, 6.45) is 2.35. The molecule has 1 heterocycles. The summed E-state index contributed by atoms with van der Waals surface area (Å²) in [6, 6.07) is 6.14. The van der Waals surface area contributed by atoms with Crippen LogP contribution in [-0.2, 0) is 12.8 Å². The first-order valence-corrected chi connectivity index (χ1v) is 5.00. The predicted octanol–water partition coefficient (Wildman–Crippen LogP) is 1.30. The molecule has 0 aromatic heterocycles. The first-order chi connectivity index (χ1) is 7.29. The van der Waals surface area contributed by atoms with E-state index in [1.54, 1.807) is 0 Å². The number of benzene rings is 1. The van der Waals surface area contributed by atoms with Gasteiger partial charge in [0, 0.05) is 12.8 Å². The lowest BCUT2D eigenvalue weighted by atomic mass is 10.0. The minimum Gasteiger partial charge on any atom is -0.493 e. The molecule has 0 amide bonds. The van der Waals surface area contributed by atoms with Crippen molar-refractivity contribution in [2.24, 2.45) is 10.9 Å². The van der Waals surface area contributed by atoms with E-state index in [-0.39, 0.29) is 5.84 Å². The molecule has 0 unspecified atom stereocenters. The van der Waals surface area contributed by atoms with Gasteiger partial charge in [-0.2, -0.15) is 0 Å². The topological polar surface area (TPSA) is 67.8 Å². The number of hydrogen-bond acceptors (Lipinski definition) is 3. The average Bonchev–Trinajstić information content (AvgIpc) is 2.72. The van der Waals surface area contributed by atoms with Crippen LogP contribution in [0.5, 0.6) is 5.75 Å². The monoisotopic (exact) mass is 206 g/mol. The Morgan fingerprint density at radius 1 is 1.53 bits per heavy atom. The van der Waals surface area contributed by atoms with Crippen LogP contribution in [-0.4, -0.2) is 17.6 Å². The zero-order valence-corrected chi connectivity index (χ0v) is 8.44. The summed E-state index contributed by atoms with van der Waals surface area (Å²) in [5, 5.41) is 11.4. The number of ether oxygens (including phenoxy) is 1. The van der Waals surface area contributed by atoms with Crippen molar-refractivity contribution in [3.8, 4) is 5.75 Å². The lowest BCUT2D eigenvalue weighted by Gasteiger charge is -2.03. The Balaban J connectivity index is 2.04. The molecule has 0 saturated carbocycles. The quantitative estimate of drug-likeness (QED) is 0.339. The summed E-state index contributed by atoms with van der Waals surface area (Å²) in [4.78, 5) is 0. The number of amidine groups is 1. The molecule has 0 aliphatic carbocycles. The molecule has 4 nitrogen and oxygen atoms in total. The lowest BCUT2D eigenvalue weighted by molar-refractivity contribution is 0.317. The molecule has 0 radical (unpaired) electrons. The summed E-state index contributed by atoms with van der Waals surface area (Å²) in [5.41, 5.74) is 7.87. The first kappa shape index (κ1) is 9.83. The van der Waals surface area contributed by atoms with Crippen LogP contribution in [0.1, 0.15) is 17.5 Å². The van der Waals surface area contributed by atoms with Crippen LogP contribution in [0.15, 0.2) is 23.4 Å². The van der Waals surface area contributed by atoms with Crippen LogP contribution >= 0.6 is 0 Å². The zero-order valence-electron chi connectivity index (χ0n) is 8.44. The van der Waals surface area contributed by atoms with Gasteiger partial charge in [-0.15, -0.1) is 0 Å². The van der Waals surface area contributed by atoms with Gasteiger partial charge >= 0.3 is 0 Å². The Bertz CT molecular complexity index is 388. The summed E-state index contributed by atoms with van der Waals surface area (Å²) >= 11 is 0. The van der Waals surface area contributed by atoms with Crippen molar-refractivity contribution in [2.75, 3.05) is 6.61 Å². The van der Waals surface area contributed by atoms with Gasteiger partial charge in [0.05, 0.1) is 6.61 Å². The Labute approximate surface area is 88.3 Å². The molecule has 0 fully saturated rings. The highest BCUT2D eigenvalue weighted by atomic mass is 16.5. The van der Waals surface area contributed by atoms with E-state index in [1.807, 2.05) is 12.1 Å². The molecule has 4 heteroatoms. The summed E-state index contributed by atoms with van der Waals surface area (Å²) in [7, 11) is 0. The number of rotatable bonds is 3. The van der Waals surface area contributed by atoms with Gasteiger partial charge in [-0.3, -0.25) is 0 Å². The van der Waals surface area contributed by atoms with Gasteiger partial charge in [-0.25, -0.2) is 0 Å². The van der Waals surface area contributed by atoms with Crippen LogP contribution in [0, 0.1) is 0 Å². The zero-order chi connectivity index (χ0) is 10.7. The molecule has 1 aliphatic rings. The molecule has 2 rings (SSSR count). The Morgan fingerprint density at radius 3 is 3.20 bits per heavy atom. The van der Waals surface area contributed by atoms with Crippen LogP contribution in [0.3, 0.4) is 0 Å². The van der Waals surface area contributed by atoms with Crippen molar-refractivity contribution < 1.29 is 9.94 Å². The summed E-state index contributed by atoms with van der Waals surface area (Å²) in [6.45, 7) is 0.777. The van der Waals surface area contributed by atoms with E-state index in [1.165, 1.54) is 11.1 Å². The molecular weight excluding hydrogens is 192 g/mol. The van der Waals surface area contributed by atoms with Crippen molar-refractivity contribution in [1.82, 2.24) is 0 Å². The van der Waals surface area contributed by atoms with Gasteiger partial charge < -0.3 is 15.7 Å². The van der Waals surface area contributed by atoms with E-state index in [0.717, 1.165) is 25.2 Å². The number of oxime groups is 1. The van der Waals surface area contributed by atoms with E-state index in [9.17, 15) is 0 Å². The van der Waals surface area contributed by atoms with Gasteiger partial charge in [0.15, 0.2) is 0 Å². The highest BCUT2D eigenvalue weighted by Crippen LogP contribution is 2.26. The van der Waals surface area contributed by atoms with E-state index < -0.39 is 0 Å². The fraction of sp³-hybridized carbons (Fsp3) is 0.364. The predicted molar refractivity (Wildman–Crippen MR) is 57.4 cm³/mol. The minimum absolute atomic E-state index is 0.270. The van der Waals surface area contributed by atoms with E-state index in [0.29, 0.717) is 6.42 Å². The van der Waals surface area contributed by atoms with Crippen LogP contribution in [0.25, 0.3) is 0 Å². The van der Waals surface area contributed by atoms with Crippen molar-refractivity contribution in [3.63, 3.8) is 0 Å². The maximum absolute atomic E-state index is 8.41. The minimum atomic E-state index is 0.270. The SMILES string of the molecule is NC(CCc1ccc2c(c1)CCO2)=NO. The Hall–Kier alpha value is -1.71. The summed E-state index contributed by atoms with van der Waals surface area (Å²) in [5.74, 6) is 1.26. The molecule has 1 aliphatic heterocycles. The van der Waals surface area contributed by atoms with Gasteiger partial charge in [-0.05, 0) is 23.6 Å². The number of fused-ring (bicyclic) bond motifs is 1. The number of hydrogen-bond donors (Lipinski definition) is 2. The smallest absolute Gasteiger partial charge is 0.139 e.